The second-order valence-electron chi connectivity index (χ2n) is 6.17. The fourth-order valence-electron chi connectivity index (χ4n) is 2.45. The molecule has 0 saturated heterocycles. The molecule has 7 heteroatoms. The fraction of sp³-hybridized carbons (Fsp3) is 0.263. The van der Waals surface area contributed by atoms with Gasteiger partial charge in [0.2, 0.25) is 11.1 Å². The molecule has 3 aromatic rings. The quantitative estimate of drug-likeness (QED) is 0.676. The van der Waals surface area contributed by atoms with Crippen molar-refractivity contribution in [3.05, 3.63) is 65.2 Å². The molecule has 26 heavy (non-hydrogen) atoms. The molecule has 3 rings (SSSR count). The third kappa shape index (κ3) is 4.49. The summed E-state index contributed by atoms with van der Waals surface area (Å²) in [5, 5.41) is 15.1. The van der Waals surface area contributed by atoms with Gasteiger partial charge in [0.1, 0.15) is 0 Å². The number of aromatic nitrogens is 4. The van der Waals surface area contributed by atoms with Crippen molar-refractivity contribution in [2.24, 2.45) is 0 Å². The van der Waals surface area contributed by atoms with E-state index in [9.17, 15) is 4.79 Å². The van der Waals surface area contributed by atoms with Crippen molar-refractivity contribution in [1.29, 1.82) is 0 Å². The number of hydrogen-bond donors (Lipinski definition) is 1. The van der Waals surface area contributed by atoms with E-state index in [1.54, 1.807) is 4.68 Å². The molecule has 0 radical (unpaired) electrons. The molecule has 0 fully saturated rings. The molecule has 1 atom stereocenters. The minimum absolute atomic E-state index is 0.0713. The lowest BCUT2D eigenvalue weighted by Crippen LogP contribution is -2.23. The summed E-state index contributed by atoms with van der Waals surface area (Å²) in [5.74, 6) is -0.0713. The summed E-state index contributed by atoms with van der Waals surface area (Å²) >= 11 is 1.35. The lowest BCUT2D eigenvalue weighted by molar-refractivity contribution is -0.115. The molecular formula is C19H21N5OS. The Kier molecular flexibility index (Phi) is 5.68. The first kappa shape index (κ1) is 18.1. The zero-order valence-electron chi connectivity index (χ0n) is 15.0. The van der Waals surface area contributed by atoms with Gasteiger partial charge in [0.15, 0.2) is 0 Å². The number of aryl methyl sites for hydroxylation is 2. The van der Waals surface area contributed by atoms with Crippen molar-refractivity contribution in [2.45, 2.75) is 37.7 Å². The van der Waals surface area contributed by atoms with Crippen LogP contribution in [0.3, 0.4) is 0 Å². The highest BCUT2D eigenvalue weighted by atomic mass is 32.2. The number of tetrazole rings is 1. The van der Waals surface area contributed by atoms with Crippen LogP contribution in [0.2, 0.25) is 0 Å². The van der Waals surface area contributed by atoms with Gasteiger partial charge in [0.25, 0.3) is 0 Å². The van der Waals surface area contributed by atoms with Crippen LogP contribution in [-0.2, 0) is 11.3 Å². The normalized spacial score (nSPS) is 12.0. The van der Waals surface area contributed by atoms with E-state index in [1.165, 1.54) is 11.8 Å². The molecule has 0 bridgehead atoms. The van der Waals surface area contributed by atoms with Crippen LogP contribution in [0.1, 0.15) is 23.6 Å². The molecule has 1 unspecified atom stereocenters. The summed E-state index contributed by atoms with van der Waals surface area (Å²) in [6.45, 7) is 6.41. The minimum atomic E-state index is -0.324. The Balaban J connectivity index is 1.66. The highest BCUT2D eigenvalue weighted by Gasteiger charge is 2.19. The van der Waals surface area contributed by atoms with Gasteiger partial charge in [-0.25, -0.2) is 4.68 Å². The highest BCUT2D eigenvalue weighted by molar-refractivity contribution is 8.00. The number of carbonyl (C=O) groups excluding carboxylic acids is 1. The van der Waals surface area contributed by atoms with Crippen molar-refractivity contribution >= 4 is 23.4 Å². The Morgan fingerprint density at radius 1 is 1.19 bits per heavy atom. The van der Waals surface area contributed by atoms with Crippen LogP contribution < -0.4 is 5.32 Å². The SMILES string of the molecule is Cc1ccc(C)c(NC(=O)C(C)Sc2nnnn2Cc2ccccc2)c1. The molecule has 1 heterocycles. The summed E-state index contributed by atoms with van der Waals surface area (Å²) < 4.78 is 1.71. The lowest BCUT2D eigenvalue weighted by Gasteiger charge is -2.13. The van der Waals surface area contributed by atoms with Crippen molar-refractivity contribution < 1.29 is 4.79 Å². The molecule has 0 saturated carbocycles. The van der Waals surface area contributed by atoms with E-state index in [2.05, 4.69) is 20.8 Å². The molecule has 2 aromatic carbocycles. The predicted octanol–water partition coefficient (Wildman–Crippen LogP) is 3.46. The standard InChI is InChI=1S/C19H21N5OS/c1-13-9-10-14(2)17(11-13)20-18(25)15(3)26-19-21-22-23-24(19)12-16-7-5-4-6-8-16/h4-11,15H,12H2,1-3H3,(H,20,25). The molecule has 0 aliphatic heterocycles. The maximum Gasteiger partial charge on any atom is 0.237 e. The number of rotatable bonds is 6. The zero-order chi connectivity index (χ0) is 18.5. The van der Waals surface area contributed by atoms with Crippen molar-refractivity contribution in [3.8, 4) is 0 Å². The van der Waals surface area contributed by atoms with Crippen molar-refractivity contribution in [3.63, 3.8) is 0 Å². The fourth-order valence-corrected chi connectivity index (χ4v) is 3.24. The van der Waals surface area contributed by atoms with Gasteiger partial charge in [-0.3, -0.25) is 4.79 Å². The largest absolute Gasteiger partial charge is 0.325 e. The second-order valence-corrected chi connectivity index (χ2v) is 7.48. The predicted molar refractivity (Wildman–Crippen MR) is 103 cm³/mol. The van der Waals surface area contributed by atoms with E-state index < -0.39 is 0 Å². The molecule has 1 amide bonds. The lowest BCUT2D eigenvalue weighted by atomic mass is 10.1. The van der Waals surface area contributed by atoms with Gasteiger partial charge < -0.3 is 5.32 Å². The van der Waals surface area contributed by atoms with Gasteiger partial charge in [-0.1, -0.05) is 54.2 Å². The Labute approximate surface area is 157 Å². The first-order chi connectivity index (χ1) is 12.5. The Morgan fingerprint density at radius 2 is 1.96 bits per heavy atom. The van der Waals surface area contributed by atoms with Gasteiger partial charge in [-0.05, 0) is 54.0 Å². The number of benzene rings is 2. The van der Waals surface area contributed by atoms with Crippen LogP contribution in [0.15, 0.2) is 53.7 Å². The first-order valence-corrected chi connectivity index (χ1v) is 9.26. The van der Waals surface area contributed by atoms with Gasteiger partial charge in [-0.2, -0.15) is 0 Å². The number of nitrogens with zero attached hydrogens (tertiary/aromatic N) is 4. The minimum Gasteiger partial charge on any atom is -0.325 e. The molecule has 0 aliphatic rings. The molecule has 134 valence electrons. The smallest absolute Gasteiger partial charge is 0.237 e. The van der Waals surface area contributed by atoms with Crippen LogP contribution in [0.5, 0.6) is 0 Å². The number of carbonyl (C=O) groups is 1. The topological polar surface area (TPSA) is 72.7 Å². The number of hydrogen-bond acceptors (Lipinski definition) is 5. The van der Waals surface area contributed by atoms with Gasteiger partial charge in [0.05, 0.1) is 11.8 Å². The number of thioether (sulfide) groups is 1. The second kappa shape index (κ2) is 8.14. The molecular weight excluding hydrogens is 346 g/mol. The van der Waals surface area contributed by atoms with Crippen LogP contribution in [0.4, 0.5) is 5.69 Å². The van der Waals surface area contributed by atoms with E-state index in [-0.39, 0.29) is 11.2 Å². The van der Waals surface area contributed by atoms with Crippen LogP contribution in [0, 0.1) is 13.8 Å². The monoisotopic (exact) mass is 367 g/mol. The zero-order valence-corrected chi connectivity index (χ0v) is 15.8. The van der Waals surface area contributed by atoms with E-state index in [0.717, 1.165) is 22.4 Å². The summed E-state index contributed by atoms with van der Waals surface area (Å²) in [5.41, 5.74) is 4.09. The molecule has 0 aliphatic carbocycles. The summed E-state index contributed by atoms with van der Waals surface area (Å²) in [4.78, 5) is 12.6. The maximum absolute atomic E-state index is 12.6. The van der Waals surface area contributed by atoms with Crippen LogP contribution in [0.25, 0.3) is 0 Å². The maximum atomic E-state index is 12.6. The van der Waals surface area contributed by atoms with E-state index in [4.69, 9.17) is 0 Å². The van der Waals surface area contributed by atoms with Gasteiger partial charge in [0, 0.05) is 5.69 Å². The van der Waals surface area contributed by atoms with E-state index >= 15 is 0 Å². The number of anilines is 1. The first-order valence-electron chi connectivity index (χ1n) is 8.38. The molecule has 6 nitrogen and oxygen atoms in total. The van der Waals surface area contributed by atoms with Gasteiger partial charge in [-0.15, -0.1) is 5.10 Å². The number of amides is 1. The van der Waals surface area contributed by atoms with E-state index in [0.29, 0.717) is 11.7 Å². The van der Waals surface area contributed by atoms with Crippen LogP contribution in [-0.4, -0.2) is 31.4 Å². The molecule has 0 spiro atoms. The Hall–Kier alpha value is -2.67. The van der Waals surface area contributed by atoms with Crippen molar-refractivity contribution in [1.82, 2.24) is 20.2 Å². The summed E-state index contributed by atoms with van der Waals surface area (Å²) in [6, 6.07) is 16.0. The molecule has 1 aromatic heterocycles. The van der Waals surface area contributed by atoms with Gasteiger partial charge >= 0.3 is 0 Å². The summed E-state index contributed by atoms with van der Waals surface area (Å²) in [6.07, 6.45) is 0. The number of nitrogens with one attached hydrogen (secondary N) is 1. The molecule has 1 N–H and O–H groups in total. The highest BCUT2D eigenvalue weighted by Crippen LogP contribution is 2.23. The van der Waals surface area contributed by atoms with E-state index in [1.807, 2.05) is 69.3 Å². The third-order valence-corrected chi connectivity index (χ3v) is 5.05. The average molecular weight is 367 g/mol. The Morgan fingerprint density at radius 3 is 2.73 bits per heavy atom. The average Bonchev–Trinajstić information content (AvgIpc) is 3.05. The Bertz CT molecular complexity index is 894. The van der Waals surface area contributed by atoms with Crippen LogP contribution >= 0.6 is 11.8 Å². The third-order valence-electron chi connectivity index (χ3n) is 3.98. The summed E-state index contributed by atoms with van der Waals surface area (Å²) in [7, 11) is 0. The van der Waals surface area contributed by atoms with Crippen molar-refractivity contribution in [2.75, 3.05) is 5.32 Å².